The van der Waals surface area contributed by atoms with Crippen LogP contribution in [0.2, 0.25) is 5.02 Å². The van der Waals surface area contributed by atoms with Crippen LogP contribution in [-0.2, 0) is 6.54 Å². The predicted molar refractivity (Wildman–Crippen MR) is 111 cm³/mol. The molecule has 4 nitrogen and oxygen atoms in total. The monoisotopic (exact) mass is 406 g/mol. The Hall–Kier alpha value is -1.75. The molecule has 4 rings (SSSR count). The van der Waals surface area contributed by atoms with Crippen LogP contribution in [0.25, 0.3) is 11.0 Å². The molecular weight excluding hydrogens is 383 g/mol. The van der Waals surface area contributed by atoms with Crippen LogP contribution in [0, 0.1) is 6.92 Å². The molecule has 6 heteroatoms. The number of rotatable bonds is 6. The second kappa shape index (κ2) is 8.51. The average molecular weight is 407 g/mol. The molecule has 2 aromatic carbocycles. The summed E-state index contributed by atoms with van der Waals surface area (Å²) in [5.41, 5.74) is 3.14. The van der Waals surface area contributed by atoms with Gasteiger partial charge in [0.25, 0.3) is 0 Å². The fourth-order valence-electron chi connectivity index (χ4n) is 3.44. The summed E-state index contributed by atoms with van der Waals surface area (Å²) in [4.78, 5) is 4.82. The predicted octanol–water partition coefficient (Wildman–Crippen LogP) is 5.13. The van der Waals surface area contributed by atoms with E-state index in [1.807, 2.05) is 43.3 Å². The highest BCUT2D eigenvalue weighted by Crippen LogP contribution is 2.37. The van der Waals surface area contributed by atoms with Crippen LogP contribution in [-0.4, -0.2) is 27.4 Å². The molecule has 1 aromatic heterocycles. The van der Waals surface area contributed by atoms with Crippen molar-refractivity contribution >= 4 is 35.0 Å². The minimum atomic E-state index is -0.635. The second-order valence-corrected chi connectivity index (χ2v) is 7.50. The Kier molecular flexibility index (Phi) is 6.30. The number of benzene rings is 2. The first-order chi connectivity index (χ1) is 12.6. The van der Waals surface area contributed by atoms with Gasteiger partial charge in [0.2, 0.25) is 0 Å². The Balaban J connectivity index is 0.00000210. The van der Waals surface area contributed by atoms with E-state index in [0.717, 1.165) is 22.4 Å². The molecule has 0 amide bonds. The van der Waals surface area contributed by atoms with Crippen LogP contribution in [0.4, 0.5) is 0 Å². The maximum absolute atomic E-state index is 10.6. The summed E-state index contributed by atoms with van der Waals surface area (Å²) in [6, 6.07) is 13.8. The Bertz CT molecular complexity index is 922. The minimum Gasteiger partial charge on any atom is -0.489 e. The molecule has 1 aliphatic rings. The van der Waals surface area contributed by atoms with Gasteiger partial charge in [-0.25, -0.2) is 4.98 Å². The van der Waals surface area contributed by atoms with Gasteiger partial charge < -0.3 is 14.4 Å². The number of ether oxygens (including phenoxy) is 1. The van der Waals surface area contributed by atoms with E-state index in [4.69, 9.17) is 21.3 Å². The molecule has 0 aliphatic heterocycles. The van der Waals surface area contributed by atoms with Crippen molar-refractivity contribution in [3.8, 4) is 5.75 Å². The molecule has 1 aliphatic carbocycles. The van der Waals surface area contributed by atoms with Gasteiger partial charge >= 0.3 is 0 Å². The molecule has 1 fully saturated rings. The van der Waals surface area contributed by atoms with E-state index in [9.17, 15) is 5.11 Å². The standard InChI is InChI=1S/C21H23ClN2O2.ClH/c1-14-9-10-20(17(22)11-14)26-13-16(25)12-24-19-8-3-2-7-18(19)23-21(24)15-5-4-6-15;/h2-3,7-11,15-16,25H,4-6,12-13H2,1H3;1H. The molecule has 0 spiro atoms. The number of aliphatic hydroxyl groups is 1. The zero-order chi connectivity index (χ0) is 18.1. The van der Waals surface area contributed by atoms with E-state index in [0.29, 0.717) is 23.2 Å². The molecule has 1 saturated carbocycles. The zero-order valence-electron chi connectivity index (χ0n) is 15.3. The number of aliphatic hydroxyl groups excluding tert-OH is 1. The molecular formula is C21H24Cl2N2O2. The summed E-state index contributed by atoms with van der Waals surface area (Å²) in [7, 11) is 0. The van der Waals surface area contributed by atoms with Crippen LogP contribution in [0.15, 0.2) is 42.5 Å². The lowest BCUT2D eigenvalue weighted by atomic mass is 9.85. The van der Waals surface area contributed by atoms with Crippen molar-refractivity contribution in [3.63, 3.8) is 0 Å². The van der Waals surface area contributed by atoms with Crippen LogP contribution < -0.4 is 4.74 Å². The van der Waals surface area contributed by atoms with Crippen molar-refractivity contribution in [3.05, 3.63) is 58.9 Å². The first-order valence-corrected chi connectivity index (χ1v) is 9.52. The van der Waals surface area contributed by atoms with Crippen molar-refractivity contribution in [2.24, 2.45) is 0 Å². The number of hydrogen-bond donors (Lipinski definition) is 1. The molecule has 1 atom stereocenters. The molecule has 144 valence electrons. The van der Waals surface area contributed by atoms with Crippen molar-refractivity contribution in [1.29, 1.82) is 0 Å². The number of aromatic nitrogens is 2. The third-order valence-electron chi connectivity index (χ3n) is 5.07. The summed E-state index contributed by atoms with van der Waals surface area (Å²) in [6.45, 7) is 2.64. The maximum atomic E-state index is 10.6. The van der Waals surface area contributed by atoms with Crippen molar-refractivity contribution in [2.45, 2.75) is 44.8 Å². The summed E-state index contributed by atoms with van der Waals surface area (Å²) in [5, 5.41) is 11.1. The van der Waals surface area contributed by atoms with Gasteiger partial charge in [-0.3, -0.25) is 0 Å². The quantitative estimate of drug-likeness (QED) is 0.617. The Morgan fingerprint density at radius 3 is 2.74 bits per heavy atom. The Morgan fingerprint density at radius 2 is 2.04 bits per heavy atom. The van der Waals surface area contributed by atoms with Gasteiger partial charge in [-0.1, -0.05) is 36.2 Å². The van der Waals surface area contributed by atoms with Crippen molar-refractivity contribution in [1.82, 2.24) is 9.55 Å². The number of fused-ring (bicyclic) bond motifs is 1. The number of imidazole rings is 1. The van der Waals surface area contributed by atoms with Gasteiger partial charge in [-0.15, -0.1) is 12.4 Å². The van der Waals surface area contributed by atoms with E-state index < -0.39 is 6.10 Å². The van der Waals surface area contributed by atoms with Gasteiger partial charge in [0, 0.05) is 5.92 Å². The SMILES string of the molecule is Cc1ccc(OCC(O)Cn2c(C3CCC3)nc3ccccc32)c(Cl)c1.Cl. The highest BCUT2D eigenvalue weighted by atomic mass is 35.5. The smallest absolute Gasteiger partial charge is 0.138 e. The fourth-order valence-corrected chi connectivity index (χ4v) is 3.73. The minimum absolute atomic E-state index is 0. The molecule has 1 unspecified atom stereocenters. The maximum Gasteiger partial charge on any atom is 0.138 e. The molecule has 0 radical (unpaired) electrons. The van der Waals surface area contributed by atoms with Gasteiger partial charge in [0.1, 0.15) is 24.3 Å². The molecule has 0 bridgehead atoms. The first kappa shape index (κ1) is 20.0. The molecule has 1 heterocycles. The highest BCUT2D eigenvalue weighted by Gasteiger charge is 2.26. The van der Waals surface area contributed by atoms with E-state index in [-0.39, 0.29) is 19.0 Å². The summed E-state index contributed by atoms with van der Waals surface area (Å²) >= 11 is 6.21. The molecule has 27 heavy (non-hydrogen) atoms. The van der Waals surface area contributed by atoms with E-state index in [2.05, 4.69) is 10.6 Å². The van der Waals surface area contributed by atoms with Crippen LogP contribution in [0.3, 0.4) is 0 Å². The summed E-state index contributed by atoms with van der Waals surface area (Å²) in [5.74, 6) is 2.19. The molecule has 1 N–H and O–H groups in total. The normalized spacial score (nSPS) is 15.2. The first-order valence-electron chi connectivity index (χ1n) is 9.14. The second-order valence-electron chi connectivity index (χ2n) is 7.10. The Labute approximate surface area is 170 Å². The zero-order valence-corrected chi connectivity index (χ0v) is 16.8. The highest BCUT2D eigenvalue weighted by molar-refractivity contribution is 6.32. The molecule has 0 saturated heterocycles. The number of para-hydroxylation sites is 2. The molecule has 3 aromatic rings. The van der Waals surface area contributed by atoms with Gasteiger partial charge in [0.05, 0.1) is 22.6 Å². The van der Waals surface area contributed by atoms with Crippen LogP contribution in [0.1, 0.15) is 36.6 Å². The third-order valence-corrected chi connectivity index (χ3v) is 5.36. The number of nitrogens with zero attached hydrogens (tertiary/aromatic N) is 2. The van der Waals surface area contributed by atoms with Crippen LogP contribution in [0.5, 0.6) is 5.75 Å². The van der Waals surface area contributed by atoms with E-state index >= 15 is 0 Å². The number of aryl methyl sites for hydroxylation is 1. The lowest BCUT2D eigenvalue weighted by Crippen LogP contribution is -2.26. The summed E-state index contributed by atoms with van der Waals surface area (Å²) < 4.78 is 7.90. The van der Waals surface area contributed by atoms with Gasteiger partial charge in [0.15, 0.2) is 0 Å². The van der Waals surface area contributed by atoms with Gasteiger partial charge in [-0.05, 0) is 49.6 Å². The number of halogens is 2. The van der Waals surface area contributed by atoms with Crippen molar-refractivity contribution < 1.29 is 9.84 Å². The van der Waals surface area contributed by atoms with Gasteiger partial charge in [-0.2, -0.15) is 0 Å². The van der Waals surface area contributed by atoms with Crippen LogP contribution >= 0.6 is 24.0 Å². The lowest BCUT2D eigenvalue weighted by molar-refractivity contribution is 0.0920. The largest absolute Gasteiger partial charge is 0.489 e. The van der Waals surface area contributed by atoms with Crippen molar-refractivity contribution in [2.75, 3.05) is 6.61 Å². The topological polar surface area (TPSA) is 47.3 Å². The third kappa shape index (κ3) is 4.23. The van der Waals surface area contributed by atoms with E-state index in [1.165, 1.54) is 19.3 Å². The van der Waals surface area contributed by atoms with E-state index in [1.54, 1.807) is 0 Å². The summed E-state index contributed by atoms with van der Waals surface area (Å²) in [6.07, 6.45) is 2.97. The lowest BCUT2D eigenvalue weighted by Gasteiger charge is -2.26. The number of hydrogen-bond acceptors (Lipinski definition) is 3. The Morgan fingerprint density at radius 1 is 1.26 bits per heavy atom. The fraction of sp³-hybridized carbons (Fsp3) is 0.381. The average Bonchev–Trinajstić information content (AvgIpc) is 2.91.